The lowest BCUT2D eigenvalue weighted by Gasteiger charge is -2.25. The molecule has 0 aromatic rings. The number of nitrogens with one attached hydrogen (secondary N) is 1. The van der Waals surface area contributed by atoms with Gasteiger partial charge in [0.2, 0.25) is 0 Å². The molecule has 0 bridgehead atoms. The van der Waals surface area contributed by atoms with Crippen LogP contribution in [0.25, 0.3) is 0 Å². The van der Waals surface area contributed by atoms with E-state index in [2.05, 4.69) is 10.2 Å². The van der Waals surface area contributed by atoms with E-state index in [4.69, 9.17) is 0 Å². The Morgan fingerprint density at radius 2 is 1.89 bits per heavy atom. The molecule has 18 heavy (non-hydrogen) atoms. The number of hydrogen-bond donors (Lipinski definition) is 1. The number of nitrogens with zero attached hydrogens (tertiary/aromatic N) is 2. The third kappa shape index (κ3) is 3.70. The molecule has 1 N–H and O–H groups in total. The van der Waals surface area contributed by atoms with Gasteiger partial charge < -0.3 is 5.32 Å². The fourth-order valence-electron chi connectivity index (χ4n) is 2.77. The summed E-state index contributed by atoms with van der Waals surface area (Å²) < 4.78 is 0. The van der Waals surface area contributed by atoms with Crippen LogP contribution in [0.1, 0.15) is 44.9 Å². The fraction of sp³-hybridized carbons (Fsp3) is 0.846. The van der Waals surface area contributed by atoms with Crippen molar-refractivity contribution in [1.29, 1.82) is 0 Å². The Kier molecular flexibility index (Phi) is 4.99. The molecule has 0 aromatic carbocycles. The molecule has 0 radical (unpaired) electrons. The number of likely N-dealkylation sites (tertiary alicyclic amines) is 1. The van der Waals surface area contributed by atoms with E-state index in [9.17, 15) is 10.1 Å². The molecule has 0 unspecified atom stereocenters. The van der Waals surface area contributed by atoms with E-state index in [1.807, 2.05) is 0 Å². The second kappa shape index (κ2) is 6.73. The van der Waals surface area contributed by atoms with Gasteiger partial charge in [-0.1, -0.05) is 12.8 Å². The average molecular weight is 253 g/mol. The predicted molar refractivity (Wildman–Crippen MR) is 70.8 cm³/mol. The molecule has 2 heterocycles. The third-order valence-corrected chi connectivity index (χ3v) is 3.83. The molecule has 2 rings (SSSR count). The van der Waals surface area contributed by atoms with E-state index in [1.54, 1.807) is 0 Å². The van der Waals surface area contributed by atoms with Gasteiger partial charge in [0, 0.05) is 6.54 Å². The van der Waals surface area contributed by atoms with Gasteiger partial charge in [0.15, 0.2) is 0 Å². The van der Waals surface area contributed by atoms with Crippen LogP contribution in [0.4, 0.5) is 0 Å². The summed E-state index contributed by atoms with van der Waals surface area (Å²) in [5, 5.41) is 14.5. The molecule has 2 aliphatic rings. The standard InChI is InChI=1S/C13H23N3O2/c17-16(18)13(11-15-9-5-2-6-10-15)12-7-3-1-4-8-14-12/h14H,1-11H2. The molecule has 2 aliphatic heterocycles. The van der Waals surface area contributed by atoms with Crippen LogP contribution in [0.2, 0.25) is 0 Å². The molecule has 0 saturated carbocycles. The van der Waals surface area contributed by atoms with Crippen molar-refractivity contribution >= 4 is 0 Å². The van der Waals surface area contributed by atoms with Gasteiger partial charge in [0.25, 0.3) is 5.70 Å². The Morgan fingerprint density at radius 1 is 1.17 bits per heavy atom. The van der Waals surface area contributed by atoms with Gasteiger partial charge in [0.1, 0.15) is 0 Å². The maximum atomic E-state index is 11.3. The van der Waals surface area contributed by atoms with Crippen LogP contribution in [0, 0.1) is 10.1 Å². The number of nitro groups is 1. The zero-order valence-corrected chi connectivity index (χ0v) is 11.0. The summed E-state index contributed by atoms with van der Waals surface area (Å²) in [7, 11) is 0. The van der Waals surface area contributed by atoms with E-state index < -0.39 is 0 Å². The van der Waals surface area contributed by atoms with E-state index >= 15 is 0 Å². The average Bonchev–Trinajstić information content (AvgIpc) is 2.65. The van der Waals surface area contributed by atoms with Crippen molar-refractivity contribution in [2.75, 3.05) is 26.2 Å². The normalized spacial score (nSPS) is 25.1. The van der Waals surface area contributed by atoms with Crippen molar-refractivity contribution in [3.8, 4) is 0 Å². The van der Waals surface area contributed by atoms with Gasteiger partial charge in [-0.05, 0) is 45.2 Å². The van der Waals surface area contributed by atoms with E-state index in [-0.39, 0.29) is 4.92 Å². The highest BCUT2D eigenvalue weighted by molar-refractivity contribution is 5.09. The zero-order valence-electron chi connectivity index (χ0n) is 11.0. The molecule has 0 amide bonds. The Labute approximate surface area is 108 Å². The molecule has 2 saturated heterocycles. The Balaban J connectivity index is 2.05. The SMILES string of the molecule is O=[N+]([O-])C(CN1CCCCC1)=C1CCCCCN1. The summed E-state index contributed by atoms with van der Waals surface area (Å²) in [5.41, 5.74) is 1.28. The first-order chi connectivity index (χ1) is 8.77. The van der Waals surface area contributed by atoms with Crippen LogP contribution in [-0.4, -0.2) is 36.0 Å². The lowest BCUT2D eigenvalue weighted by atomic mass is 10.1. The maximum absolute atomic E-state index is 11.3. The summed E-state index contributed by atoms with van der Waals surface area (Å²) >= 11 is 0. The number of hydrogen-bond acceptors (Lipinski definition) is 4. The van der Waals surface area contributed by atoms with Crippen LogP contribution < -0.4 is 5.32 Å². The van der Waals surface area contributed by atoms with E-state index in [1.165, 1.54) is 25.7 Å². The van der Waals surface area contributed by atoms with Crippen molar-refractivity contribution in [1.82, 2.24) is 10.2 Å². The highest BCUT2D eigenvalue weighted by Crippen LogP contribution is 2.18. The summed E-state index contributed by atoms with van der Waals surface area (Å²) in [6, 6.07) is 0. The molecular weight excluding hydrogens is 230 g/mol. The van der Waals surface area contributed by atoms with Crippen LogP contribution in [0.15, 0.2) is 11.4 Å². The van der Waals surface area contributed by atoms with Crippen LogP contribution in [0.3, 0.4) is 0 Å². The van der Waals surface area contributed by atoms with E-state index in [0.29, 0.717) is 12.2 Å². The van der Waals surface area contributed by atoms with Crippen LogP contribution in [-0.2, 0) is 0 Å². The minimum Gasteiger partial charge on any atom is -0.383 e. The van der Waals surface area contributed by atoms with Crippen LogP contribution >= 0.6 is 0 Å². The van der Waals surface area contributed by atoms with Gasteiger partial charge in [0.05, 0.1) is 17.2 Å². The highest BCUT2D eigenvalue weighted by atomic mass is 16.6. The first-order valence-corrected chi connectivity index (χ1v) is 7.10. The number of piperidine rings is 1. The Morgan fingerprint density at radius 3 is 2.61 bits per heavy atom. The van der Waals surface area contributed by atoms with Crippen LogP contribution in [0.5, 0.6) is 0 Å². The summed E-state index contributed by atoms with van der Waals surface area (Å²) in [6.45, 7) is 3.40. The second-order valence-electron chi connectivity index (χ2n) is 5.26. The van der Waals surface area contributed by atoms with Crippen molar-refractivity contribution in [3.63, 3.8) is 0 Å². The lowest BCUT2D eigenvalue weighted by Crippen LogP contribution is -2.34. The molecule has 2 fully saturated rings. The minimum atomic E-state index is -0.178. The maximum Gasteiger partial charge on any atom is 0.278 e. The molecule has 102 valence electrons. The molecular formula is C13H23N3O2. The highest BCUT2D eigenvalue weighted by Gasteiger charge is 2.23. The number of rotatable bonds is 3. The van der Waals surface area contributed by atoms with Crippen molar-refractivity contribution in [2.24, 2.45) is 0 Å². The van der Waals surface area contributed by atoms with Gasteiger partial charge in [-0.3, -0.25) is 15.0 Å². The Bertz CT molecular complexity index is 312. The molecule has 0 aliphatic carbocycles. The number of allylic oxidation sites excluding steroid dienone is 1. The molecule has 0 aromatic heterocycles. The smallest absolute Gasteiger partial charge is 0.278 e. The fourth-order valence-corrected chi connectivity index (χ4v) is 2.77. The zero-order chi connectivity index (χ0) is 12.8. The first-order valence-electron chi connectivity index (χ1n) is 7.10. The molecule has 0 atom stereocenters. The lowest BCUT2D eigenvalue weighted by molar-refractivity contribution is -0.429. The van der Waals surface area contributed by atoms with Crippen molar-refractivity contribution in [2.45, 2.75) is 44.9 Å². The molecule has 5 heteroatoms. The Hall–Kier alpha value is -1.10. The van der Waals surface area contributed by atoms with Gasteiger partial charge in [-0.25, -0.2) is 0 Å². The molecule has 0 spiro atoms. The molecule has 5 nitrogen and oxygen atoms in total. The monoisotopic (exact) mass is 253 g/mol. The van der Waals surface area contributed by atoms with Crippen molar-refractivity contribution in [3.05, 3.63) is 21.5 Å². The van der Waals surface area contributed by atoms with E-state index in [0.717, 1.165) is 44.6 Å². The minimum absolute atomic E-state index is 0.178. The quantitative estimate of drug-likeness (QED) is 0.618. The summed E-state index contributed by atoms with van der Waals surface area (Å²) in [5.74, 6) is 0. The predicted octanol–water partition coefficient (Wildman–Crippen LogP) is 2.12. The van der Waals surface area contributed by atoms with Gasteiger partial charge >= 0.3 is 0 Å². The second-order valence-corrected chi connectivity index (χ2v) is 5.26. The van der Waals surface area contributed by atoms with Crippen molar-refractivity contribution < 1.29 is 4.92 Å². The third-order valence-electron chi connectivity index (χ3n) is 3.83. The summed E-state index contributed by atoms with van der Waals surface area (Å²) in [4.78, 5) is 13.3. The summed E-state index contributed by atoms with van der Waals surface area (Å²) in [6.07, 6.45) is 7.81. The first kappa shape index (κ1) is 13.3. The largest absolute Gasteiger partial charge is 0.383 e. The van der Waals surface area contributed by atoms with Gasteiger partial charge in [-0.2, -0.15) is 0 Å². The van der Waals surface area contributed by atoms with Gasteiger partial charge in [-0.15, -0.1) is 0 Å². The topological polar surface area (TPSA) is 58.4 Å².